The molecule has 0 saturated heterocycles. The van der Waals surface area contributed by atoms with Crippen LogP contribution in [0.15, 0.2) is 57.9 Å². The molecule has 2 aromatic heterocycles. The van der Waals surface area contributed by atoms with Crippen LogP contribution in [0, 0.1) is 0 Å². The second-order valence-electron chi connectivity index (χ2n) is 7.21. The van der Waals surface area contributed by atoms with Gasteiger partial charge in [-0.3, -0.25) is 9.59 Å². The molecule has 1 amide bonds. The molecule has 0 bridgehead atoms. The van der Waals surface area contributed by atoms with Crippen LogP contribution in [-0.4, -0.2) is 33.5 Å². The first-order valence-corrected chi connectivity index (χ1v) is 9.68. The number of nitrogens with one attached hydrogen (secondary N) is 1. The van der Waals surface area contributed by atoms with Gasteiger partial charge in [0.2, 0.25) is 0 Å². The van der Waals surface area contributed by atoms with Crippen LogP contribution >= 0.6 is 0 Å². The van der Waals surface area contributed by atoms with E-state index in [0.29, 0.717) is 44.3 Å². The van der Waals surface area contributed by atoms with Gasteiger partial charge < -0.3 is 24.4 Å². The molecule has 0 unspecified atom stereocenters. The summed E-state index contributed by atoms with van der Waals surface area (Å²) >= 11 is 0. The summed E-state index contributed by atoms with van der Waals surface area (Å²) in [6, 6.07) is 12.4. The summed E-state index contributed by atoms with van der Waals surface area (Å²) in [7, 11) is 0. The topological polar surface area (TPSA) is 142 Å². The zero-order chi connectivity index (χ0) is 23.1. The monoisotopic (exact) mass is 442 g/mol. The smallest absolute Gasteiger partial charge is 0.335 e. The first kappa shape index (κ1) is 20.0. The summed E-state index contributed by atoms with van der Waals surface area (Å²) in [6.45, 7) is 0.299. The van der Waals surface area contributed by atoms with Gasteiger partial charge in [-0.25, -0.2) is 9.79 Å². The van der Waals surface area contributed by atoms with Crippen molar-refractivity contribution in [3.05, 3.63) is 81.1 Å². The number of aromatic amines is 1. The normalized spacial score (nSPS) is 13.9. The minimum Gasteiger partial charge on any atom is -0.494 e. The number of hydrogen-bond donors (Lipinski definition) is 3. The number of carbonyl (C=O) groups excluding carboxylic acids is 2. The van der Waals surface area contributed by atoms with Gasteiger partial charge in [0, 0.05) is 21.7 Å². The van der Waals surface area contributed by atoms with E-state index in [2.05, 4.69) is 9.98 Å². The average molecular weight is 442 g/mol. The quantitative estimate of drug-likeness (QED) is 0.378. The third-order valence-electron chi connectivity index (χ3n) is 5.18. The first-order valence-electron chi connectivity index (χ1n) is 9.68. The summed E-state index contributed by atoms with van der Waals surface area (Å²) in [5.74, 6) is -1.39. The average Bonchev–Trinajstić information content (AvgIpc) is 3.45. The Morgan fingerprint density at radius 2 is 1.85 bits per heavy atom. The molecule has 0 aliphatic carbocycles. The van der Waals surface area contributed by atoms with E-state index in [9.17, 15) is 24.6 Å². The molecule has 0 fully saturated rings. The van der Waals surface area contributed by atoms with Gasteiger partial charge in [-0.15, -0.1) is 0 Å². The number of carboxylic acids is 1. The number of hydrogen-bond acceptors (Lipinski definition) is 6. The third-order valence-corrected chi connectivity index (χ3v) is 5.18. The second kappa shape index (κ2) is 7.65. The fraction of sp³-hybridized carbons (Fsp3) is 0. The van der Waals surface area contributed by atoms with Crippen LogP contribution in [0.2, 0.25) is 0 Å². The number of aromatic nitrogens is 1. The number of aromatic hydroxyl groups is 1. The molecule has 2 aromatic carbocycles. The van der Waals surface area contributed by atoms with E-state index in [1.54, 1.807) is 36.4 Å². The minimum absolute atomic E-state index is 0.0844. The highest BCUT2D eigenvalue weighted by Crippen LogP contribution is 2.28. The van der Waals surface area contributed by atoms with E-state index in [1.165, 1.54) is 24.3 Å². The van der Waals surface area contributed by atoms with Crippen molar-refractivity contribution in [2.24, 2.45) is 4.99 Å². The number of furan rings is 1. The van der Waals surface area contributed by atoms with Gasteiger partial charge in [-0.05, 0) is 60.7 Å². The number of benzene rings is 2. The Hall–Kier alpha value is -4.92. The second-order valence-corrected chi connectivity index (χ2v) is 7.21. The highest BCUT2D eigenvalue weighted by atomic mass is 16.5. The van der Waals surface area contributed by atoms with Crippen molar-refractivity contribution < 1.29 is 33.8 Å². The Kier molecular flexibility index (Phi) is 4.64. The lowest BCUT2D eigenvalue weighted by molar-refractivity contribution is -0.120. The largest absolute Gasteiger partial charge is 0.494 e. The van der Waals surface area contributed by atoms with Gasteiger partial charge in [0.25, 0.3) is 12.4 Å². The van der Waals surface area contributed by atoms with Crippen LogP contribution in [0.25, 0.3) is 28.6 Å². The third kappa shape index (κ3) is 3.57. The number of carboxylic acid groups (broad SMARTS) is 1. The van der Waals surface area contributed by atoms with Crippen LogP contribution < -0.4 is 26.1 Å². The van der Waals surface area contributed by atoms with Crippen LogP contribution in [0.1, 0.15) is 15.9 Å². The van der Waals surface area contributed by atoms with E-state index >= 15 is 0 Å². The number of amides is 1. The van der Waals surface area contributed by atoms with Crippen molar-refractivity contribution in [3.63, 3.8) is 0 Å². The fourth-order valence-electron chi connectivity index (χ4n) is 3.67. The maximum absolute atomic E-state index is 12.4. The lowest BCUT2D eigenvalue weighted by Crippen LogP contribution is -2.23. The molecule has 33 heavy (non-hydrogen) atoms. The van der Waals surface area contributed by atoms with Gasteiger partial charge in [0.05, 0.1) is 16.5 Å². The molecule has 3 N–H and O–H groups in total. The predicted octanol–water partition coefficient (Wildman–Crippen LogP) is 0.320. The Balaban J connectivity index is 1.62. The van der Waals surface area contributed by atoms with Crippen LogP contribution in [0.3, 0.4) is 0 Å². The highest BCUT2D eigenvalue weighted by Gasteiger charge is 2.15. The number of fused-ring (bicyclic) bond motifs is 2. The molecule has 1 aliphatic heterocycles. The molecule has 0 spiro atoms. The van der Waals surface area contributed by atoms with Crippen molar-refractivity contribution in [2.45, 2.75) is 0 Å². The minimum atomic E-state index is -1.08. The van der Waals surface area contributed by atoms with Crippen molar-refractivity contribution in [1.82, 2.24) is 4.98 Å². The molecule has 3 heterocycles. The van der Waals surface area contributed by atoms with Crippen LogP contribution in [0.4, 0.5) is 0 Å². The molecule has 0 radical (unpaired) electrons. The van der Waals surface area contributed by atoms with Gasteiger partial charge in [-0.1, -0.05) is 0 Å². The molecule has 0 saturated carbocycles. The summed E-state index contributed by atoms with van der Waals surface area (Å²) in [5, 5.41) is 21.0. The van der Waals surface area contributed by atoms with Crippen molar-refractivity contribution in [1.29, 1.82) is 0 Å². The molecule has 0 atom stereocenters. The standard InChI is InChI=1S/C24H14N2O7/c27-11-32-13-4-6-21-17(8-13)19(23(29)26-21)10-15-3-2-14(33-15)9-18-16-7-12(24(30)31)1-5-20(16)25-22(18)28/h1-11,25,28H,(H,30,31). The summed E-state index contributed by atoms with van der Waals surface area (Å²) in [4.78, 5) is 41.0. The number of H-pyrrole nitrogens is 1. The van der Waals surface area contributed by atoms with E-state index in [1.807, 2.05) is 0 Å². The SMILES string of the molecule is O=COc1ccc2c(c1)=C(C=c1ccc(=Cc3c(O)[nH]c4ccc(C(=O)O)cc34)o1)C(=O)N=2. The fourth-order valence-corrected chi connectivity index (χ4v) is 3.67. The first-order chi connectivity index (χ1) is 15.9. The Bertz CT molecular complexity index is 1720. The summed E-state index contributed by atoms with van der Waals surface area (Å²) in [5.41, 5.74) is 2.04. The van der Waals surface area contributed by atoms with E-state index in [0.717, 1.165) is 0 Å². The molecule has 1 aliphatic rings. The molecule has 4 aromatic rings. The molecule has 9 heteroatoms. The van der Waals surface area contributed by atoms with Crippen molar-refractivity contribution >= 4 is 47.0 Å². The molecule has 162 valence electrons. The van der Waals surface area contributed by atoms with Gasteiger partial charge in [0.15, 0.2) is 5.88 Å². The summed E-state index contributed by atoms with van der Waals surface area (Å²) < 4.78 is 10.6. The summed E-state index contributed by atoms with van der Waals surface area (Å²) in [6.07, 6.45) is 3.09. The lowest BCUT2D eigenvalue weighted by Gasteiger charge is -1.96. The van der Waals surface area contributed by atoms with E-state index < -0.39 is 11.9 Å². The number of ether oxygens (including phenoxy) is 1. The van der Waals surface area contributed by atoms with Crippen LogP contribution in [0.5, 0.6) is 11.6 Å². The number of rotatable bonds is 5. The van der Waals surface area contributed by atoms with Crippen molar-refractivity contribution in [3.8, 4) is 11.6 Å². The number of carbonyl (C=O) groups is 3. The maximum atomic E-state index is 12.4. The van der Waals surface area contributed by atoms with E-state index in [-0.39, 0.29) is 22.8 Å². The van der Waals surface area contributed by atoms with Gasteiger partial charge in [0.1, 0.15) is 16.6 Å². The molecule has 5 rings (SSSR count). The van der Waals surface area contributed by atoms with Gasteiger partial charge in [-0.2, -0.15) is 0 Å². The highest BCUT2D eigenvalue weighted by molar-refractivity contribution is 6.25. The Labute approximate surface area is 183 Å². The molecular formula is C24H14N2O7. The van der Waals surface area contributed by atoms with Crippen molar-refractivity contribution in [2.75, 3.05) is 0 Å². The zero-order valence-electron chi connectivity index (χ0n) is 16.7. The Morgan fingerprint density at radius 1 is 1.06 bits per heavy atom. The number of aromatic carboxylic acids is 1. The maximum Gasteiger partial charge on any atom is 0.335 e. The molecule has 9 nitrogen and oxygen atoms in total. The molecular weight excluding hydrogens is 428 g/mol. The lowest BCUT2D eigenvalue weighted by atomic mass is 10.1. The number of nitrogens with zero attached hydrogens (tertiary/aromatic N) is 1. The Morgan fingerprint density at radius 3 is 2.61 bits per heavy atom. The van der Waals surface area contributed by atoms with E-state index in [4.69, 9.17) is 9.15 Å². The van der Waals surface area contributed by atoms with Crippen LogP contribution in [-0.2, 0) is 9.59 Å². The van der Waals surface area contributed by atoms with Gasteiger partial charge >= 0.3 is 5.97 Å². The predicted molar refractivity (Wildman–Crippen MR) is 115 cm³/mol. The zero-order valence-corrected chi connectivity index (χ0v) is 16.7.